The van der Waals surface area contributed by atoms with Gasteiger partial charge in [0.1, 0.15) is 5.78 Å². The molecule has 4 nitrogen and oxygen atoms in total. The zero-order valence-corrected chi connectivity index (χ0v) is 10.1. The largest absolute Gasteiger partial charge is 0.339 e. The van der Waals surface area contributed by atoms with Crippen LogP contribution in [-0.2, 0) is 4.79 Å². The van der Waals surface area contributed by atoms with Crippen molar-refractivity contribution in [3.63, 3.8) is 0 Å². The number of carbonyl (C=O) groups excluding carboxylic acids is 1. The van der Waals surface area contributed by atoms with E-state index in [1.54, 1.807) is 0 Å². The van der Waals surface area contributed by atoms with Gasteiger partial charge < -0.3 is 4.52 Å². The van der Waals surface area contributed by atoms with Crippen LogP contribution in [0.5, 0.6) is 0 Å². The van der Waals surface area contributed by atoms with E-state index < -0.39 is 0 Å². The summed E-state index contributed by atoms with van der Waals surface area (Å²) >= 11 is 0. The van der Waals surface area contributed by atoms with E-state index in [9.17, 15) is 4.79 Å². The quantitative estimate of drug-likeness (QED) is 0.772. The smallest absolute Gasteiger partial charge is 0.230 e. The molecular formula is C12H18N2O2. The molecule has 0 unspecified atom stereocenters. The van der Waals surface area contributed by atoms with E-state index >= 15 is 0 Å². The van der Waals surface area contributed by atoms with Gasteiger partial charge in [0, 0.05) is 24.7 Å². The standard InChI is InChI=1S/C12H18N2O2/c1-7(2)11-13-12(16-14-11)10-5-4-9(15)6-8(10)3/h7-8,10H,4-6H2,1-3H3/t8-,10-/m1/s1. The summed E-state index contributed by atoms with van der Waals surface area (Å²) in [6, 6.07) is 0. The normalized spacial score (nSPS) is 26.4. The van der Waals surface area contributed by atoms with E-state index in [2.05, 4.69) is 17.1 Å². The van der Waals surface area contributed by atoms with Gasteiger partial charge in [0.15, 0.2) is 5.82 Å². The van der Waals surface area contributed by atoms with Crippen LogP contribution in [0, 0.1) is 5.92 Å². The first-order valence-electron chi connectivity index (χ1n) is 5.93. The van der Waals surface area contributed by atoms with E-state index in [4.69, 9.17) is 4.52 Å². The van der Waals surface area contributed by atoms with Crippen LogP contribution >= 0.6 is 0 Å². The van der Waals surface area contributed by atoms with Crippen LogP contribution in [0.2, 0.25) is 0 Å². The first-order valence-corrected chi connectivity index (χ1v) is 5.93. The fourth-order valence-electron chi connectivity index (χ4n) is 2.20. The van der Waals surface area contributed by atoms with Crippen molar-refractivity contribution in [3.8, 4) is 0 Å². The number of hydrogen-bond donors (Lipinski definition) is 0. The van der Waals surface area contributed by atoms with E-state index in [-0.39, 0.29) is 11.8 Å². The van der Waals surface area contributed by atoms with Gasteiger partial charge in [0.05, 0.1) is 0 Å². The van der Waals surface area contributed by atoms with Gasteiger partial charge in [-0.2, -0.15) is 4.98 Å². The third-order valence-electron chi connectivity index (χ3n) is 3.26. The Balaban J connectivity index is 2.14. The lowest BCUT2D eigenvalue weighted by Crippen LogP contribution is -2.21. The third-order valence-corrected chi connectivity index (χ3v) is 3.26. The molecule has 0 amide bonds. The lowest BCUT2D eigenvalue weighted by Gasteiger charge is -2.24. The van der Waals surface area contributed by atoms with Gasteiger partial charge in [0.2, 0.25) is 5.89 Å². The Hall–Kier alpha value is -1.19. The molecule has 1 fully saturated rings. The Labute approximate surface area is 95.4 Å². The molecule has 4 heteroatoms. The van der Waals surface area contributed by atoms with Crippen molar-refractivity contribution in [1.29, 1.82) is 0 Å². The molecule has 88 valence electrons. The minimum Gasteiger partial charge on any atom is -0.339 e. The third kappa shape index (κ3) is 2.15. The highest BCUT2D eigenvalue weighted by atomic mass is 16.5. The average molecular weight is 222 g/mol. The first kappa shape index (κ1) is 11.3. The van der Waals surface area contributed by atoms with E-state index in [1.807, 2.05) is 13.8 Å². The second-order valence-electron chi connectivity index (χ2n) is 5.01. The molecule has 0 aromatic carbocycles. The first-order chi connectivity index (χ1) is 7.58. The summed E-state index contributed by atoms with van der Waals surface area (Å²) in [7, 11) is 0. The van der Waals surface area contributed by atoms with Gasteiger partial charge in [0.25, 0.3) is 0 Å². The molecule has 0 N–H and O–H groups in total. The zero-order valence-electron chi connectivity index (χ0n) is 10.1. The van der Waals surface area contributed by atoms with Gasteiger partial charge in [-0.3, -0.25) is 4.79 Å². The van der Waals surface area contributed by atoms with Gasteiger partial charge in [-0.25, -0.2) is 0 Å². The number of aromatic nitrogens is 2. The molecule has 1 saturated carbocycles. The van der Waals surface area contributed by atoms with Crippen molar-refractivity contribution >= 4 is 5.78 Å². The van der Waals surface area contributed by atoms with Gasteiger partial charge in [-0.1, -0.05) is 25.9 Å². The maximum Gasteiger partial charge on any atom is 0.230 e. The number of hydrogen-bond acceptors (Lipinski definition) is 4. The molecule has 1 aliphatic carbocycles. The lowest BCUT2D eigenvalue weighted by atomic mass is 9.80. The average Bonchev–Trinajstić information content (AvgIpc) is 2.66. The van der Waals surface area contributed by atoms with Crippen molar-refractivity contribution in [3.05, 3.63) is 11.7 Å². The number of nitrogens with zero attached hydrogens (tertiary/aromatic N) is 2. The van der Waals surface area contributed by atoms with Crippen molar-refractivity contribution < 1.29 is 9.32 Å². The van der Waals surface area contributed by atoms with Crippen LogP contribution in [0.25, 0.3) is 0 Å². The maximum atomic E-state index is 11.3. The highest BCUT2D eigenvalue weighted by Gasteiger charge is 2.31. The van der Waals surface area contributed by atoms with Crippen LogP contribution in [-0.4, -0.2) is 15.9 Å². The summed E-state index contributed by atoms with van der Waals surface area (Å²) < 4.78 is 5.30. The molecule has 1 aromatic rings. The second-order valence-corrected chi connectivity index (χ2v) is 5.01. The van der Waals surface area contributed by atoms with Crippen molar-refractivity contribution in [1.82, 2.24) is 10.1 Å². The number of ketones is 1. The summed E-state index contributed by atoms with van der Waals surface area (Å²) in [6.45, 7) is 6.17. The highest BCUT2D eigenvalue weighted by Crippen LogP contribution is 2.35. The summed E-state index contributed by atoms with van der Waals surface area (Å²) in [4.78, 5) is 15.7. The van der Waals surface area contributed by atoms with Gasteiger partial charge in [-0.05, 0) is 12.3 Å². The minimum absolute atomic E-state index is 0.262. The molecule has 2 rings (SSSR count). The highest BCUT2D eigenvalue weighted by molar-refractivity contribution is 5.79. The molecule has 0 spiro atoms. The lowest BCUT2D eigenvalue weighted by molar-refractivity contribution is -0.121. The Kier molecular flexibility index (Phi) is 3.08. The van der Waals surface area contributed by atoms with E-state index in [1.165, 1.54) is 0 Å². The predicted molar refractivity (Wildman–Crippen MR) is 59.2 cm³/mol. The van der Waals surface area contributed by atoms with Crippen molar-refractivity contribution in [2.75, 3.05) is 0 Å². The Morgan fingerprint density at radius 3 is 2.75 bits per heavy atom. The maximum absolute atomic E-state index is 11.3. The van der Waals surface area contributed by atoms with E-state index in [0.29, 0.717) is 30.4 Å². The molecule has 1 aliphatic rings. The Morgan fingerprint density at radius 2 is 2.19 bits per heavy atom. The second kappa shape index (κ2) is 4.36. The van der Waals surface area contributed by atoms with Gasteiger partial charge >= 0.3 is 0 Å². The molecule has 1 heterocycles. The molecule has 2 atom stereocenters. The molecule has 0 bridgehead atoms. The summed E-state index contributed by atoms with van der Waals surface area (Å²) in [5, 5.41) is 3.97. The monoisotopic (exact) mass is 222 g/mol. The molecular weight excluding hydrogens is 204 g/mol. The topological polar surface area (TPSA) is 56.0 Å². The zero-order chi connectivity index (χ0) is 11.7. The van der Waals surface area contributed by atoms with E-state index in [0.717, 1.165) is 12.2 Å². The Morgan fingerprint density at radius 1 is 1.44 bits per heavy atom. The van der Waals surface area contributed by atoms with Crippen molar-refractivity contribution in [2.45, 2.75) is 51.9 Å². The SMILES string of the molecule is CC(C)c1noc([C@@H]2CCC(=O)C[C@H]2C)n1. The molecule has 0 saturated heterocycles. The minimum atomic E-state index is 0.262. The number of carbonyl (C=O) groups is 1. The van der Waals surface area contributed by atoms with Crippen molar-refractivity contribution in [2.24, 2.45) is 5.92 Å². The van der Waals surface area contributed by atoms with Crippen LogP contribution in [0.1, 0.15) is 63.6 Å². The molecule has 0 aliphatic heterocycles. The summed E-state index contributed by atoms with van der Waals surface area (Å²) in [5.41, 5.74) is 0. The summed E-state index contributed by atoms with van der Waals surface area (Å²) in [6.07, 6.45) is 2.14. The van der Waals surface area contributed by atoms with Crippen LogP contribution in [0.15, 0.2) is 4.52 Å². The number of Topliss-reactive ketones (excluding diaryl/α,β-unsaturated/α-hetero) is 1. The fourth-order valence-corrected chi connectivity index (χ4v) is 2.20. The predicted octanol–water partition coefficient (Wildman–Crippen LogP) is 2.67. The number of rotatable bonds is 2. The molecule has 16 heavy (non-hydrogen) atoms. The van der Waals surface area contributed by atoms with Crippen LogP contribution in [0.3, 0.4) is 0 Å². The molecule has 1 aromatic heterocycles. The fraction of sp³-hybridized carbons (Fsp3) is 0.750. The van der Waals surface area contributed by atoms with Crippen LogP contribution in [0.4, 0.5) is 0 Å². The molecule has 0 radical (unpaired) electrons. The van der Waals surface area contributed by atoms with Gasteiger partial charge in [-0.15, -0.1) is 0 Å². The van der Waals surface area contributed by atoms with Crippen LogP contribution < -0.4 is 0 Å². The summed E-state index contributed by atoms with van der Waals surface area (Å²) in [5.74, 6) is 2.70. The Bertz CT molecular complexity index is 384.